The van der Waals surface area contributed by atoms with Crippen LogP contribution in [0.2, 0.25) is 0 Å². The van der Waals surface area contributed by atoms with Crippen molar-refractivity contribution in [1.82, 2.24) is 10.0 Å². The molecule has 0 saturated carbocycles. The fourth-order valence-electron chi connectivity index (χ4n) is 1.62. The molecule has 1 rings (SSSR count). The molecule has 0 unspecified atom stereocenters. The summed E-state index contributed by atoms with van der Waals surface area (Å²) in [5.74, 6) is -0.485. The fourth-order valence-corrected chi connectivity index (χ4v) is 2.10. The lowest BCUT2D eigenvalue weighted by molar-refractivity contribution is -0.116. The van der Waals surface area contributed by atoms with Gasteiger partial charge in [0.25, 0.3) is 5.91 Å². The number of carbonyl (C=O) groups excluding carboxylic acids is 2. The van der Waals surface area contributed by atoms with E-state index in [4.69, 9.17) is 0 Å². The van der Waals surface area contributed by atoms with Crippen molar-refractivity contribution in [3.63, 3.8) is 0 Å². The normalized spacial score (nSPS) is 11.3. The first-order chi connectivity index (χ1) is 10.2. The number of hydrogen-bond acceptors (Lipinski definition) is 4. The van der Waals surface area contributed by atoms with E-state index in [2.05, 4.69) is 15.4 Å². The highest BCUT2D eigenvalue weighted by Gasteiger charge is 2.08. The standard InChI is InChI=1S/C14H21N3O4S/c1-10(2)16-14(19)11-4-6-12(7-5-11)17-13(18)8-9-15-22(3,20)21/h4-7,10,15H,8-9H2,1-3H3,(H,16,19)(H,17,18). The van der Waals surface area contributed by atoms with Gasteiger partial charge < -0.3 is 10.6 Å². The molecule has 0 aliphatic carbocycles. The number of benzene rings is 1. The summed E-state index contributed by atoms with van der Waals surface area (Å²) < 4.78 is 24.0. The molecule has 0 radical (unpaired) electrons. The minimum atomic E-state index is -3.29. The third-order valence-electron chi connectivity index (χ3n) is 2.57. The van der Waals surface area contributed by atoms with Gasteiger partial charge in [-0.2, -0.15) is 0 Å². The second-order valence-electron chi connectivity index (χ2n) is 5.17. The van der Waals surface area contributed by atoms with E-state index in [1.807, 2.05) is 13.8 Å². The van der Waals surface area contributed by atoms with E-state index in [0.29, 0.717) is 11.3 Å². The Balaban J connectivity index is 2.50. The lowest BCUT2D eigenvalue weighted by atomic mass is 10.2. The van der Waals surface area contributed by atoms with Gasteiger partial charge in [0.2, 0.25) is 15.9 Å². The van der Waals surface area contributed by atoms with Crippen molar-refractivity contribution in [2.75, 3.05) is 18.1 Å². The molecule has 7 nitrogen and oxygen atoms in total. The first-order valence-corrected chi connectivity index (χ1v) is 8.72. The average molecular weight is 327 g/mol. The molecule has 122 valence electrons. The molecule has 0 aromatic heterocycles. The second kappa shape index (κ2) is 7.90. The van der Waals surface area contributed by atoms with Gasteiger partial charge in [-0.05, 0) is 38.1 Å². The monoisotopic (exact) mass is 327 g/mol. The molecule has 0 aliphatic rings. The number of nitrogens with one attached hydrogen (secondary N) is 3. The molecule has 8 heteroatoms. The van der Waals surface area contributed by atoms with E-state index < -0.39 is 10.0 Å². The van der Waals surface area contributed by atoms with Gasteiger partial charge in [0.1, 0.15) is 0 Å². The van der Waals surface area contributed by atoms with Gasteiger partial charge in [0, 0.05) is 30.3 Å². The summed E-state index contributed by atoms with van der Waals surface area (Å²) in [5, 5.41) is 5.40. The Labute approximate surface area is 130 Å². The number of rotatable bonds is 7. The van der Waals surface area contributed by atoms with Crippen molar-refractivity contribution in [3.05, 3.63) is 29.8 Å². The van der Waals surface area contributed by atoms with Gasteiger partial charge in [-0.3, -0.25) is 9.59 Å². The molecular formula is C14H21N3O4S. The maximum absolute atomic E-state index is 11.8. The topological polar surface area (TPSA) is 104 Å². The molecule has 2 amide bonds. The molecule has 1 aromatic carbocycles. The Morgan fingerprint density at radius 1 is 1.14 bits per heavy atom. The van der Waals surface area contributed by atoms with Crippen LogP contribution in [0.1, 0.15) is 30.6 Å². The van der Waals surface area contributed by atoms with Crippen LogP contribution in [0.4, 0.5) is 5.69 Å². The van der Waals surface area contributed by atoms with Crippen LogP contribution in [0.3, 0.4) is 0 Å². The molecule has 0 aliphatic heterocycles. The maximum Gasteiger partial charge on any atom is 0.251 e. The van der Waals surface area contributed by atoms with Crippen LogP contribution in [0.15, 0.2) is 24.3 Å². The number of sulfonamides is 1. The first kappa shape index (κ1) is 18.1. The lowest BCUT2D eigenvalue weighted by Gasteiger charge is -2.09. The first-order valence-electron chi connectivity index (χ1n) is 6.83. The minimum absolute atomic E-state index is 0.0304. The van der Waals surface area contributed by atoms with E-state index >= 15 is 0 Å². The number of amides is 2. The zero-order chi connectivity index (χ0) is 16.8. The van der Waals surface area contributed by atoms with Gasteiger partial charge in [-0.15, -0.1) is 0 Å². The molecule has 0 atom stereocenters. The van der Waals surface area contributed by atoms with Crippen molar-refractivity contribution in [2.24, 2.45) is 0 Å². The van der Waals surface area contributed by atoms with Crippen LogP contribution in [-0.2, 0) is 14.8 Å². The largest absolute Gasteiger partial charge is 0.350 e. The van der Waals surface area contributed by atoms with Crippen LogP contribution in [-0.4, -0.2) is 39.1 Å². The molecule has 22 heavy (non-hydrogen) atoms. The van der Waals surface area contributed by atoms with Gasteiger partial charge in [0.15, 0.2) is 0 Å². The van der Waals surface area contributed by atoms with Crippen molar-refractivity contribution in [2.45, 2.75) is 26.3 Å². The molecule has 0 fully saturated rings. The van der Waals surface area contributed by atoms with Gasteiger partial charge in [0.05, 0.1) is 6.26 Å². The SMILES string of the molecule is CC(C)NC(=O)c1ccc(NC(=O)CCNS(C)(=O)=O)cc1. The van der Waals surface area contributed by atoms with Crippen LogP contribution in [0.25, 0.3) is 0 Å². The Hall–Kier alpha value is -1.93. The number of hydrogen-bond donors (Lipinski definition) is 3. The van der Waals surface area contributed by atoms with Crippen molar-refractivity contribution < 1.29 is 18.0 Å². The Morgan fingerprint density at radius 2 is 1.73 bits per heavy atom. The van der Waals surface area contributed by atoms with Crippen molar-refractivity contribution >= 4 is 27.5 Å². The van der Waals surface area contributed by atoms with E-state index in [0.717, 1.165) is 6.26 Å². The number of carbonyl (C=O) groups is 2. The maximum atomic E-state index is 11.8. The highest BCUT2D eigenvalue weighted by atomic mass is 32.2. The fraction of sp³-hybridized carbons (Fsp3) is 0.429. The summed E-state index contributed by atoms with van der Waals surface area (Å²) in [6.07, 6.45) is 1.06. The molecule has 0 saturated heterocycles. The summed E-state index contributed by atoms with van der Waals surface area (Å²) in [4.78, 5) is 23.4. The lowest BCUT2D eigenvalue weighted by Crippen LogP contribution is -2.30. The molecule has 1 aromatic rings. The zero-order valence-electron chi connectivity index (χ0n) is 12.8. The van der Waals surface area contributed by atoms with Crippen molar-refractivity contribution in [3.8, 4) is 0 Å². The van der Waals surface area contributed by atoms with Gasteiger partial charge >= 0.3 is 0 Å². The highest BCUT2D eigenvalue weighted by molar-refractivity contribution is 7.88. The van der Waals surface area contributed by atoms with E-state index in [1.54, 1.807) is 24.3 Å². The summed E-state index contributed by atoms with van der Waals surface area (Å²) in [7, 11) is -3.29. The Morgan fingerprint density at radius 3 is 2.23 bits per heavy atom. The predicted octanol–water partition coefficient (Wildman–Crippen LogP) is 0.703. The molecular weight excluding hydrogens is 306 g/mol. The predicted molar refractivity (Wildman–Crippen MR) is 85.1 cm³/mol. The van der Waals surface area contributed by atoms with Crippen LogP contribution >= 0.6 is 0 Å². The molecule has 3 N–H and O–H groups in total. The van der Waals surface area contributed by atoms with Gasteiger partial charge in [-0.25, -0.2) is 13.1 Å². The summed E-state index contributed by atoms with van der Waals surface area (Å²) in [6.45, 7) is 3.79. The second-order valence-corrected chi connectivity index (χ2v) is 7.00. The Bertz CT molecular complexity index is 624. The van der Waals surface area contributed by atoms with Gasteiger partial charge in [-0.1, -0.05) is 0 Å². The van der Waals surface area contributed by atoms with E-state index in [-0.39, 0.29) is 30.8 Å². The van der Waals surface area contributed by atoms with E-state index in [9.17, 15) is 18.0 Å². The van der Waals surface area contributed by atoms with E-state index in [1.165, 1.54) is 0 Å². The van der Waals surface area contributed by atoms with Crippen LogP contribution in [0, 0.1) is 0 Å². The third-order valence-corrected chi connectivity index (χ3v) is 3.30. The summed E-state index contributed by atoms with van der Waals surface area (Å²) in [5.41, 5.74) is 1.05. The molecule has 0 spiro atoms. The zero-order valence-corrected chi connectivity index (χ0v) is 13.7. The minimum Gasteiger partial charge on any atom is -0.350 e. The van der Waals surface area contributed by atoms with Crippen molar-refractivity contribution in [1.29, 1.82) is 0 Å². The third kappa shape index (κ3) is 7.19. The smallest absolute Gasteiger partial charge is 0.251 e. The molecule has 0 heterocycles. The quantitative estimate of drug-likeness (QED) is 0.686. The van der Waals surface area contributed by atoms with Crippen LogP contribution in [0.5, 0.6) is 0 Å². The highest BCUT2D eigenvalue weighted by Crippen LogP contribution is 2.10. The number of anilines is 1. The molecule has 0 bridgehead atoms. The summed E-state index contributed by atoms with van der Waals surface area (Å²) in [6, 6.07) is 6.52. The average Bonchev–Trinajstić information content (AvgIpc) is 2.37. The Kier molecular flexibility index (Phi) is 6.51. The summed E-state index contributed by atoms with van der Waals surface area (Å²) >= 11 is 0. The van der Waals surface area contributed by atoms with Crippen LogP contribution < -0.4 is 15.4 Å².